The molecule has 0 aromatic carbocycles. The molecule has 1 atom stereocenters. The third-order valence-electron chi connectivity index (χ3n) is 4.17. The largest absolute Gasteiger partial charge is 0.316 e. The highest BCUT2D eigenvalue weighted by atomic mass is 35.5. The van der Waals surface area contributed by atoms with E-state index in [-0.39, 0.29) is 0 Å². The zero-order valence-electron chi connectivity index (χ0n) is 13.7. The first-order valence-corrected chi connectivity index (χ1v) is 8.34. The van der Waals surface area contributed by atoms with Gasteiger partial charge in [-0.2, -0.15) is 5.10 Å². The molecule has 1 heterocycles. The molecule has 0 aliphatic heterocycles. The molecule has 0 spiro atoms. The van der Waals surface area contributed by atoms with E-state index in [0.717, 1.165) is 23.6 Å². The summed E-state index contributed by atoms with van der Waals surface area (Å²) >= 11 is 6.48. The third kappa shape index (κ3) is 4.23. The van der Waals surface area contributed by atoms with Crippen LogP contribution < -0.4 is 5.32 Å². The number of halogens is 1. The minimum absolute atomic E-state index is 0.479. The van der Waals surface area contributed by atoms with Gasteiger partial charge in [-0.1, -0.05) is 45.2 Å². The van der Waals surface area contributed by atoms with Gasteiger partial charge in [0.05, 0.1) is 16.4 Å². The van der Waals surface area contributed by atoms with Crippen molar-refractivity contribution < 1.29 is 0 Å². The van der Waals surface area contributed by atoms with Gasteiger partial charge < -0.3 is 5.32 Å². The van der Waals surface area contributed by atoms with Gasteiger partial charge >= 0.3 is 0 Å². The predicted octanol–water partition coefficient (Wildman–Crippen LogP) is 3.98. The summed E-state index contributed by atoms with van der Waals surface area (Å²) < 4.78 is 1.96. The van der Waals surface area contributed by atoms with Crippen molar-refractivity contribution in [2.75, 3.05) is 7.05 Å². The molecule has 0 saturated carbocycles. The van der Waals surface area contributed by atoms with Gasteiger partial charge in [-0.25, -0.2) is 0 Å². The summed E-state index contributed by atoms with van der Waals surface area (Å²) in [5, 5.41) is 8.89. The number of hydrogen-bond acceptors (Lipinski definition) is 2. The number of rotatable bonds is 9. The fourth-order valence-electron chi connectivity index (χ4n) is 3.04. The van der Waals surface area contributed by atoms with Crippen LogP contribution in [0.4, 0.5) is 0 Å². The molecule has 0 aliphatic carbocycles. The van der Waals surface area contributed by atoms with Crippen molar-refractivity contribution in [3.63, 3.8) is 0 Å². The maximum atomic E-state index is 6.48. The van der Waals surface area contributed by atoms with Gasteiger partial charge in [-0.3, -0.25) is 4.68 Å². The lowest BCUT2D eigenvalue weighted by molar-refractivity contribution is 0.319. The highest BCUT2D eigenvalue weighted by Gasteiger charge is 2.23. The Labute approximate surface area is 129 Å². The van der Waals surface area contributed by atoms with Crippen molar-refractivity contribution in [3.05, 3.63) is 16.4 Å². The maximum Gasteiger partial charge on any atom is 0.0850 e. The highest BCUT2D eigenvalue weighted by molar-refractivity contribution is 6.31. The van der Waals surface area contributed by atoms with Crippen LogP contribution in [0.1, 0.15) is 57.8 Å². The van der Waals surface area contributed by atoms with Gasteiger partial charge in [0.2, 0.25) is 0 Å². The van der Waals surface area contributed by atoms with Crippen LogP contribution in [0.15, 0.2) is 0 Å². The van der Waals surface area contributed by atoms with Crippen LogP contribution in [-0.4, -0.2) is 22.9 Å². The number of aromatic nitrogens is 2. The number of aryl methyl sites for hydroxylation is 2. The van der Waals surface area contributed by atoms with E-state index in [2.05, 4.69) is 38.2 Å². The summed E-state index contributed by atoms with van der Waals surface area (Å²) in [6.07, 6.45) is 6.88. The molecule has 0 bridgehead atoms. The van der Waals surface area contributed by atoms with Crippen LogP contribution >= 0.6 is 11.6 Å². The summed E-state index contributed by atoms with van der Waals surface area (Å²) in [5.74, 6) is 0.714. The fraction of sp³-hybridized carbons (Fsp3) is 0.812. The lowest BCUT2D eigenvalue weighted by atomic mass is 9.88. The quantitative estimate of drug-likeness (QED) is 0.747. The standard InChI is InChI=1S/C16H30ClN3/c1-6-9-12(10-7-2)14(18-4)11-15-16(17)13(8-3)19-20(15)5/h12,14,18H,6-11H2,1-5H3. The van der Waals surface area contributed by atoms with E-state index >= 15 is 0 Å². The molecule has 1 aromatic heterocycles. The second-order valence-electron chi connectivity index (χ2n) is 5.62. The van der Waals surface area contributed by atoms with Gasteiger partial charge in [0, 0.05) is 19.5 Å². The van der Waals surface area contributed by atoms with Crippen molar-refractivity contribution >= 4 is 11.6 Å². The Morgan fingerprint density at radius 3 is 2.20 bits per heavy atom. The molecule has 116 valence electrons. The Hall–Kier alpha value is -0.540. The molecule has 1 rings (SSSR count). The van der Waals surface area contributed by atoms with Crippen LogP contribution in [0.5, 0.6) is 0 Å². The van der Waals surface area contributed by atoms with Crippen molar-refractivity contribution in [1.82, 2.24) is 15.1 Å². The first-order chi connectivity index (χ1) is 9.58. The number of hydrogen-bond donors (Lipinski definition) is 1. The van der Waals surface area contributed by atoms with Crippen LogP contribution in [0, 0.1) is 5.92 Å². The van der Waals surface area contributed by atoms with Crippen molar-refractivity contribution in [3.8, 4) is 0 Å². The first kappa shape index (κ1) is 17.5. The molecule has 1 aromatic rings. The Balaban J connectivity index is 2.89. The maximum absolute atomic E-state index is 6.48. The lowest BCUT2D eigenvalue weighted by Gasteiger charge is -2.26. The molecule has 0 fully saturated rings. The second-order valence-corrected chi connectivity index (χ2v) is 6.00. The molecule has 0 radical (unpaired) electrons. The molecule has 1 N–H and O–H groups in total. The highest BCUT2D eigenvalue weighted by Crippen LogP contribution is 2.26. The second kappa shape index (κ2) is 8.68. The number of likely N-dealkylation sites (N-methyl/N-ethyl adjacent to an activating group) is 1. The van der Waals surface area contributed by atoms with E-state index in [1.165, 1.54) is 31.4 Å². The molecular formula is C16H30ClN3. The molecule has 0 amide bonds. The summed E-state index contributed by atoms with van der Waals surface area (Å²) in [7, 11) is 4.07. The Morgan fingerprint density at radius 1 is 1.20 bits per heavy atom. The summed E-state index contributed by atoms with van der Waals surface area (Å²) in [4.78, 5) is 0. The van der Waals surface area contributed by atoms with Crippen molar-refractivity contribution in [1.29, 1.82) is 0 Å². The lowest BCUT2D eigenvalue weighted by Crippen LogP contribution is -2.36. The normalized spacial score (nSPS) is 13.2. The number of nitrogens with one attached hydrogen (secondary N) is 1. The van der Waals surface area contributed by atoms with Crippen LogP contribution in [0.3, 0.4) is 0 Å². The van der Waals surface area contributed by atoms with E-state index in [4.69, 9.17) is 11.6 Å². The molecule has 4 heteroatoms. The van der Waals surface area contributed by atoms with Crippen LogP contribution in [-0.2, 0) is 19.9 Å². The van der Waals surface area contributed by atoms with E-state index in [1.54, 1.807) is 0 Å². The average Bonchev–Trinajstić information content (AvgIpc) is 2.71. The fourth-order valence-corrected chi connectivity index (χ4v) is 3.41. The molecule has 20 heavy (non-hydrogen) atoms. The molecule has 1 unspecified atom stereocenters. The first-order valence-electron chi connectivity index (χ1n) is 7.96. The molecular weight excluding hydrogens is 270 g/mol. The smallest absolute Gasteiger partial charge is 0.0850 e. The third-order valence-corrected chi connectivity index (χ3v) is 4.61. The summed E-state index contributed by atoms with van der Waals surface area (Å²) in [6, 6.07) is 0.479. The zero-order valence-corrected chi connectivity index (χ0v) is 14.4. The minimum atomic E-state index is 0.479. The van der Waals surface area contributed by atoms with Gasteiger partial charge in [-0.15, -0.1) is 0 Å². The van der Waals surface area contributed by atoms with Crippen molar-refractivity contribution in [2.24, 2.45) is 13.0 Å². The SMILES string of the molecule is CCCC(CCC)C(Cc1c(Cl)c(CC)nn1C)NC. The zero-order chi connectivity index (χ0) is 15.1. The van der Waals surface area contributed by atoms with E-state index in [1.807, 2.05) is 11.7 Å². The minimum Gasteiger partial charge on any atom is -0.316 e. The Bertz CT molecular complexity index is 395. The molecule has 0 saturated heterocycles. The van der Waals surface area contributed by atoms with Crippen LogP contribution in [0.25, 0.3) is 0 Å². The van der Waals surface area contributed by atoms with Gasteiger partial charge in [0.25, 0.3) is 0 Å². The summed E-state index contributed by atoms with van der Waals surface area (Å²) in [6.45, 7) is 6.63. The molecule has 0 aliphatic rings. The predicted molar refractivity (Wildman–Crippen MR) is 87.5 cm³/mol. The van der Waals surface area contributed by atoms with Crippen molar-refractivity contribution in [2.45, 2.75) is 65.3 Å². The monoisotopic (exact) mass is 299 g/mol. The van der Waals surface area contributed by atoms with Crippen LogP contribution in [0.2, 0.25) is 5.02 Å². The summed E-state index contributed by atoms with van der Waals surface area (Å²) in [5.41, 5.74) is 2.18. The van der Waals surface area contributed by atoms with E-state index in [0.29, 0.717) is 12.0 Å². The molecule has 3 nitrogen and oxygen atoms in total. The Kier molecular flexibility index (Phi) is 7.60. The average molecular weight is 300 g/mol. The number of nitrogens with zero attached hydrogens (tertiary/aromatic N) is 2. The van der Waals surface area contributed by atoms with Gasteiger partial charge in [-0.05, 0) is 32.2 Å². The van der Waals surface area contributed by atoms with E-state index < -0.39 is 0 Å². The van der Waals surface area contributed by atoms with E-state index in [9.17, 15) is 0 Å². The van der Waals surface area contributed by atoms with Gasteiger partial charge in [0.1, 0.15) is 0 Å². The topological polar surface area (TPSA) is 29.9 Å². The van der Waals surface area contributed by atoms with Gasteiger partial charge in [0.15, 0.2) is 0 Å². The Morgan fingerprint density at radius 2 is 1.80 bits per heavy atom.